The van der Waals surface area contributed by atoms with E-state index in [1.165, 1.54) is 5.56 Å². The first-order chi connectivity index (χ1) is 12.9. The highest BCUT2D eigenvalue weighted by atomic mass is 16.7. The van der Waals surface area contributed by atoms with Crippen LogP contribution in [0.5, 0.6) is 0 Å². The minimum Gasteiger partial charge on any atom is -0.399 e. The zero-order valence-corrected chi connectivity index (χ0v) is 16.3. The molecule has 0 atom stereocenters. The summed E-state index contributed by atoms with van der Waals surface area (Å²) in [6.07, 6.45) is 2.05. The molecule has 0 saturated carbocycles. The monoisotopic (exact) mass is 360 g/mol. The highest BCUT2D eigenvalue weighted by molar-refractivity contribution is 6.63. The molecule has 1 fully saturated rings. The molecule has 138 valence electrons. The van der Waals surface area contributed by atoms with E-state index in [0.29, 0.717) is 6.54 Å². The molecule has 0 amide bonds. The van der Waals surface area contributed by atoms with Crippen molar-refractivity contribution in [2.45, 2.75) is 45.4 Å². The van der Waals surface area contributed by atoms with Gasteiger partial charge in [0.05, 0.1) is 23.4 Å². The zero-order valence-electron chi connectivity index (χ0n) is 16.3. The summed E-state index contributed by atoms with van der Waals surface area (Å²) >= 11 is 0. The lowest BCUT2D eigenvalue weighted by Crippen LogP contribution is -2.41. The summed E-state index contributed by atoms with van der Waals surface area (Å²) in [4.78, 5) is 0. The Labute approximate surface area is 161 Å². The molecule has 2 heterocycles. The van der Waals surface area contributed by atoms with Crippen LogP contribution < -0.4 is 5.46 Å². The van der Waals surface area contributed by atoms with Gasteiger partial charge in [-0.25, -0.2) is 0 Å². The summed E-state index contributed by atoms with van der Waals surface area (Å²) in [5.74, 6) is 0. The molecule has 0 spiro atoms. The summed E-state index contributed by atoms with van der Waals surface area (Å²) in [5, 5.41) is 4.87. The molecule has 0 N–H and O–H groups in total. The third-order valence-electron chi connectivity index (χ3n) is 5.53. The van der Waals surface area contributed by atoms with Crippen molar-refractivity contribution in [3.63, 3.8) is 0 Å². The van der Waals surface area contributed by atoms with Crippen molar-refractivity contribution >= 4 is 12.6 Å². The Morgan fingerprint density at radius 1 is 0.852 bits per heavy atom. The SMILES string of the molecule is CC1(C)OB(c2cn(Cc3ccccc3)nc2-c2ccccc2)OC1(C)C. The molecule has 0 aliphatic carbocycles. The lowest BCUT2D eigenvalue weighted by Gasteiger charge is -2.32. The van der Waals surface area contributed by atoms with Crippen LogP contribution in [0.3, 0.4) is 0 Å². The lowest BCUT2D eigenvalue weighted by molar-refractivity contribution is 0.00578. The predicted molar refractivity (Wildman–Crippen MR) is 109 cm³/mol. The molecule has 2 aromatic carbocycles. The summed E-state index contributed by atoms with van der Waals surface area (Å²) in [5.41, 5.74) is 3.38. The van der Waals surface area contributed by atoms with Crippen LogP contribution in [-0.2, 0) is 15.9 Å². The Kier molecular flexibility index (Phi) is 4.45. The molecule has 4 nitrogen and oxygen atoms in total. The first-order valence-corrected chi connectivity index (χ1v) is 9.38. The first kappa shape index (κ1) is 18.0. The number of nitrogens with zero attached hydrogens (tertiary/aromatic N) is 2. The van der Waals surface area contributed by atoms with E-state index < -0.39 is 7.12 Å². The minimum absolute atomic E-state index is 0.382. The highest BCUT2D eigenvalue weighted by Gasteiger charge is 2.52. The van der Waals surface area contributed by atoms with Crippen molar-refractivity contribution in [2.75, 3.05) is 0 Å². The molecule has 27 heavy (non-hydrogen) atoms. The average Bonchev–Trinajstić information content (AvgIpc) is 3.15. The maximum absolute atomic E-state index is 6.30. The zero-order chi connectivity index (χ0) is 19.1. The van der Waals surface area contributed by atoms with Crippen LogP contribution in [0.15, 0.2) is 66.9 Å². The molecular weight excluding hydrogens is 335 g/mol. The fraction of sp³-hybridized carbons (Fsp3) is 0.318. The van der Waals surface area contributed by atoms with Gasteiger partial charge < -0.3 is 9.31 Å². The van der Waals surface area contributed by atoms with Gasteiger partial charge in [-0.2, -0.15) is 5.10 Å². The second-order valence-electron chi connectivity index (χ2n) is 8.07. The van der Waals surface area contributed by atoms with E-state index in [2.05, 4.69) is 58.2 Å². The van der Waals surface area contributed by atoms with Crippen molar-refractivity contribution in [1.82, 2.24) is 9.78 Å². The van der Waals surface area contributed by atoms with Crippen LogP contribution in [0.4, 0.5) is 0 Å². The van der Waals surface area contributed by atoms with Gasteiger partial charge >= 0.3 is 7.12 Å². The second-order valence-corrected chi connectivity index (χ2v) is 8.07. The second kappa shape index (κ2) is 6.66. The summed E-state index contributed by atoms with van der Waals surface area (Å²) < 4.78 is 14.6. The fourth-order valence-electron chi connectivity index (χ4n) is 3.25. The van der Waals surface area contributed by atoms with Crippen LogP contribution in [0.2, 0.25) is 0 Å². The van der Waals surface area contributed by atoms with Crippen molar-refractivity contribution in [2.24, 2.45) is 0 Å². The van der Waals surface area contributed by atoms with E-state index in [1.54, 1.807) is 0 Å². The Hall–Kier alpha value is -2.37. The Balaban J connectivity index is 1.73. The molecule has 1 aromatic heterocycles. The number of rotatable bonds is 4. The van der Waals surface area contributed by atoms with Crippen LogP contribution in [-0.4, -0.2) is 28.1 Å². The minimum atomic E-state index is -0.435. The molecular formula is C22H25BN2O2. The van der Waals surface area contributed by atoms with Gasteiger partial charge in [-0.05, 0) is 33.3 Å². The van der Waals surface area contributed by atoms with Gasteiger partial charge in [0.25, 0.3) is 0 Å². The molecule has 3 aromatic rings. The number of benzene rings is 2. The van der Waals surface area contributed by atoms with E-state index in [-0.39, 0.29) is 11.2 Å². The van der Waals surface area contributed by atoms with Crippen LogP contribution in [0.1, 0.15) is 33.3 Å². The first-order valence-electron chi connectivity index (χ1n) is 9.38. The predicted octanol–water partition coefficient (Wildman–Crippen LogP) is 3.90. The molecule has 1 saturated heterocycles. The Bertz CT molecular complexity index is 904. The Morgan fingerprint density at radius 2 is 1.41 bits per heavy atom. The number of aromatic nitrogens is 2. The summed E-state index contributed by atoms with van der Waals surface area (Å²) in [6.45, 7) is 9.00. The number of hydrogen-bond acceptors (Lipinski definition) is 3. The van der Waals surface area contributed by atoms with Crippen molar-refractivity contribution in [3.8, 4) is 11.3 Å². The van der Waals surface area contributed by atoms with Gasteiger partial charge in [0.2, 0.25) is 0 Å². The third kappa shape index (κ3) is 3.45. The van der Waals surface area contributed by atoms with Crippen LogP contribution >= 0.6 is 0 Å². The van der Waals surface area contributed by atoms with E-state index in [1.807, 2.05) is 41.1 Å². The van der Waals surface area contributed by atoms with E-state index >= 15 is 0 Å². The smallest absolute Gasteiger partial charge is 0.399 e. The maximum Gasteiger partial charge on any atom is 0.498 e. The largest absolute Gasteiger partial charge is 0.498 e. The third-order valence-corrected chi connectivity index (χ3v) is 5.53. The molecule has 4 rings (SSSR count). The van der Waals surface area contributed by atoms with Crippen molar-refractivity contribution in [1.29, 1.82) is 0 Å². The van der Waals surface area contributed by atoms with Crippen LogP contribution in [0, 0.1) is 0 Å². The van der Waals surface area contributed by atoms with Gasteiger partial charge in [-0.1, -0.05) is 60.7 Å². The Morgan fingerprint density at radius 3 is 2.00 bits per heavy atom. The van der Waals surface area contributed by atoms with Gasteiger partial charge in [-0.3, -0.25) is 4.68 Å². The molecule has 0 radical (unpaired) electrons. The van der Waals surface area contributed by atoms with Crippen molar-refractivity contribution in [3.05, 3.63) is 72.4 Å². The lowest BCUT2D eigenvalue weighted by atomic mass is 9.78. The molecule has 5 heteroatoms. The number of hydrogen-bond donors (Lipinski definition) is 0. The van der Waals surface area contributed by atoms with Gasteiger partial charge in [0.15, 0.2) is 0 Å². The standard InChI is InChI=1S/C22H25BN2O2/c1-21(2)22(3,4)27-23(26-21)19-16-25(15-17-11-7-5-8-12-17)24-20(19)18-13-9-6-10-14-18/h5-14,16H,15H2,1-4H3. The van der Waals surface area contributed by atoms with E-state index in [9.17, 15) is 0 Å². The quantitative estimate of drug-likeness (QED) is 0.662. The van der Waals surface area contributed by atoms with Gasteiger partial charge in [-0.15, -0.1) is 0 Å². The molecule has 0 unspecified atom stereocenters. The van der Waals surface area contributed by atoms with E-state index in [0.717, 1.165) is 16.7 Å². The maximum atomic E-state index is 6.30. The van der Waals surface area contributed by atoms with Crippen LogP contribution in [0.25, 0.3) is 11.3 Å². The normalized spacial score (nSPS) is 18.0. The fourth-order valence-corrected chi connectivity index (χ4v) is 3.25. The van der Waals surface area contributed by atoms with Gasteiger partial charge in [0.1, 0.15) is 0 Å². The van der Waals surface area contributed by atoms with Crippen molar-refractivity contribution < 1.29 is 9.31 Å². The molecule has 1 aliphatic heterocycles. The highest BCUT2D eigenvalue weighted by Crippen LogP contribution is 2.37. The molecule has 1 aliphatic rings. The average molecular weight is 360 g/mol. The molecule has 0 bridgehead atoms. The van der Waals surface area contributed by atoms with Gasteiger partial charge in [0, 0.05) is 17.2 Å². The van der Waals surface area contributed by atoms with E-state index in [4.69, 9.17) is 14.4 Å². The summed E-state index contributed by atoms with van der Waals surface area (Å²) in [6, 6.07) is 20.6. The topological polar surface area (TPSA) is 36.3 Å². The summed E-state index contributed by atoms with van der Waals surface area (Å²) in [7, 11) is -0.435.